The van der Waals surface area contributed by atoms with E-state index in [1.807, 2.05) is 35.8 Å². The molecule has 156 valence electrons. The van der Waals surface area contributed by atoms with Crippen LogP contribution in [0.2, 0.25) is 0 Å². The number of fused-ring (bicyclic) bond motifs is 1. The van der Waals surface area contributed by atoms with Gasteiger partial charge in [-0.3, -0.25) is 24.4 Å². The van der Waals surface area contributed by atoms with Crippen LogP contribution in [0.3, 0.4) is 0 Å². The number of nitrogens with zero attached hydrogens (tertiary/aromatic N) is 3. The number of aromatic nitrogens is 2. The Morgan fingerprint density at radius 3 is 2.67 bits per heavy atom. The van der Waals surface area contributed by atoms with Crippen molar-refractivity contribution in [1.29, 1.82) is 0 Å². The second-order valence-corrected chi connectivity index (χ2v) is 7.56. The van der Waals surface area contributed by atoms with E-state index in [1.165, 1.54) is 12.1 Å². The minimum Gasteiger partial charge on any atom is -0.324 e. The number of hydrogen-bond acceptors (Lipinski definition) is 5. The van der Waals surface area contributed by atoms with Crippen LogP contribution in [0.5, 0.6) is 0 Å². The number of amides is 1. The van der Waals surface area contributed by atoms with E-state index in [0.29, 0.717) is 18.8 Å². The van der Waals surface area contributed by atoms with E-state index in [9.17, 15) is 19.7 Å². The van der Waals surface area contributed by atoms with E-state index in [4.69, 9.17) is 0 Å². The quantitative estimate of drug-likeness (QED) is 0.497. The van der Waals surface area contributed by atoms with Crippen molar-refractivity contribution in [1.82, 2.24) is 14.5 Å². The van der Waals surface area contributed by atoms with Crippen molar-refractivity contribution < 1.29 is 9.72 Å². The van der Waals surface area contributed by atoms with Gasteiger partial charge in [-0.05, 0) is 38.0 Å². The highest BCUT2D eigenvalue weighted by Crippen LogP contribution is 2.26. The third-order valence-corrected chi connectivity index (χ3v) is 5.74. The predicted molar refractivity (Wildman–Crippen MR) is 114 cm³/mol. The fraction of sp³-hybridized carbons (Fsp3) is 0.333. The summed E-state index contributed by atoms with van der Waals surface area (Å²) in [6.07, 6.45) is 1.52. The van der Waals surface area contributed by atoms with E-state index < -0.39 is 4.92 Å². The highest BCUT2D eigenvalue weighted by molar-refractivity contribution is 5.94. The van der Waals surface area contributed by atoms with Crippen molar-refractivity contribution in [2.75, 3.05) is 18.4 Å². The van der Waals surface area contributed by atoms with Gasteiger partial charge in [0.2, 0.25) is 5.91 Å². The smallest absolute Gasteiger partial charge is 0.324 e. The van der Waals surface area contributed by atoms with Crippen LogP contribution in [0.1, 0.15) is 25.8 Å². The summed E-state index contributed by atoms with van der Waals surface area (Å²) in [4.78, 5) is 40.5. The van der Waals surface area contributed by atoms with Crippen LogP contribution in [-0.4, -0.2) is 44.4 Å². The molecule has 9 nitrogen and oxygen atoms in total. The number of carbonyl (C=O) groups is 1. The first-order chi connectivity index (χ1) is 14.4. The van der Waals surface area contributed by atoms with Crippen molar-refractivity contribution in [2.24, 2.45) is 0 Å². The minimum absolute atomic E-state index is 0.0644. The molecular weight excluding hydrogens is 386 g/mol. The fourth-order valence-electron chi connectivity index (χ4n) is 4.08. The van der Waals surface area contributed by atoms with Crippen LogP contribution in [-0.2, 0) is 4.79 Å². The summed E-state index contributed by atoms with van der Waals surface area (Å²) in [5.74, 6) is -0.210. The monoisotopic (exact) mass is 409 g/mol. The third kappa shape index (κ3) is 3.84. The molecule has 1 aliphatic rings. The molecule has 2 N–H and O–H groups in total. The number of rotatable bonds is 5. The Labute approximate surface area is 172 Å². The van der Waals surface area contributed by atoms with Gasteiger partial charge in [-0.2, -0.15) is 0 Å². The van der Waals surface area contributed by atoms with Crippen LogP contribution in [0.25, 0.3) is 11.0 Å². The molecule has 0 saturated carbocycles. The van der Waals surface area contributed by atoms with Crippen LogP contribution < -0.4 is 11.0 Å². The maximum Gasteiger partial charge on any atom is 0.326 e. The van der Waals surface area contributed by atoms with Gasteiger partial charge in [0.15, 0.2) is 0 Å². The number of likely N-dealkylation sites (tertiary alicyclic amines) is 1. The highest BCUT2D eigenvalue weighted by Gasteiger charge is 2.29. The van der Waals surface area contributed by atoms with Crippen LogP contribution in [0.4, 0.5) is 11.4 Å². The summed E-state index contributed by atoms with van der Waals surface area (Å²) < 4.78 is 1.82. The van der Waals surface area contributed by atoms with E-state index in [0.717, 1.165) is 23.9 Å². The van der Waals surface area contributed by atoms with Crippen molar-refractivity contribution in [2.45, 2.75) is 31.8 Å². The molecule has 1 atom stereocenters. The Bertz CT molecular complexity index is 1140. The van der Waals surface area contributed by atoms with Crippen molar-refractivity contribution in [3.05, 3.63) is 69.1 Å². The van der Waals surface area contributed by atoms with E-state index in [-0.39, 0.29) is 29.4 Å². The number of para-hydroxylation sites is 2. The second-order valence-electron chi connectivity index (χ2n) is 7.56. The highest BCUT2D eigenvalue weighted by atomic mass is 16.6. The Hall–Kier alpha value is -3.46. The standard InChI is InChI=1S/C21H23N5O4/c1-14(20(27)22-15-5-4-6-17(13-15)26(29)30)24-11-9-16(10-12-24)25-19-8-3-2-7-18(19)23-21(25)28/h2-8,13-14,16H,9-12H2,1H3,(H,22,27)(H,23,28). The summed E-state index contributed by atoms with van der Waals surface area (Å²) in [5, 5.41) is 13.7. The number of nitrogens with one attached hydrogen (secondary N) is 2. The largest absolute Gasteiger partial charge is 0.326 e. The van der Waals surface area contributed by atoms with E-state index >= 15 is 0 Å². The number of hydrogen-bond donors (Lipinski definition) is 2. The zero-order valence-corrected chi connectivity index (χ0v) is 16.6. The molecular formula is C21H23N5O4. The lowest BCUT2D eigenvalue weighted by atomic mass is 10.0. The average Bonchev–Trinajstić information content (AvgIpc) is 3.09. The normalized spacial score (nSPS) is 16.4. The van der Waals surface area contributed by atoms with Crippen LogP contribution in [0.15, 0.2) is 53.3 Å². The molecule has 0 bridgehead atoms. The number of nitro benzene ring substituents is 1. The van der Waals surface area contributed by atoms with E-state index in [2.05, 4.69) is 15.2 Å². The molecule has 9 heteroatoms. The van der Waals surface area contributed by atoms with Crippen molar-refractivity contribution in [3.63, 3.8) is 0 Å². The molecule has 2 aromatic carbocycles. The molecule has 1 aliphatic heterocycles. The minimum atomic E-state index is -0.490. The first kappa shape index (κ1) is 19.8. The van der Waals surface area contributed by atoms with Gasteiger partial charge in [-0.15, -0.1) is 0 Å². The fourth-order valence-corrected chi connectivity index (χ4v) is 4.08. The molecule has 0 aliphatic carbocycles. The van der Waals surface area contributed by atoms with Crippen molar-refractivity contribution in [3.8, 4) is 0 Å². The topological polar surface area (TPSA) is 113 Å². The van der Waals surface area contributed by atoms with Gasteiger partial charge in [0.1, 0.15) is 0 Å². The molecule has 0 radical (unpaired) electrons. The lowest BCUT2D eigenvalue weighted by Crippen LogP contribution is -2.46. The molecule has 1 aromatic heterocycles. The SMILES string of the molecule is CC(C(=O)Nc1cccc([N+](=O)[O-])c1)N1CCC(n2c(=O)[nH]c3ccccc32)CC1. The molecule has 1 saturated heterocycles. The van der Waals surface area contributed by atoms with Gasteiger partial charge in [0.05, 0.1) is 22.0 Å². The maximum atomic E-state index is 12.6. The number of H-pyrrole nitrogens is 1. The Balaban J connectivity index is 1.40. The van der Waals surface area contributed by atoms with Gasteiger partial charge in [-0.25, -0.2) is 4.79 Å². The maximum absolute atomic E-state index is 12.6. The summed E-state index contributed by atoms with van der Waals surface area (Å²) in [6.45, 7) is 3.19. The molecule has 1 amide bonds. The van der Waals surface area contributed by atoms with Gasteiger partial charge < -0.3 is 10.3 Å². The predicted octanol–water partition coefficient (Wildman–Crippen LogP) is 2.90. The van der Waals surface area contributed by atoms with Gasteiger partial charge >= 0.3 is 5.69 Å². The third-order valence-electron chi connectivity index (χ3n) is 5.74. The summed E-state index contributed by atoms with van der Waals surface area (Å²) in [7, 11) is 0. The zero-order valence-electron chi connectivity index (χ0n) is 16.6. The summed E-state index contributed by atoms with van der Waals surface area (Å²) in [6, 6.07) is 13.3. The lowest BCUT2D eigenvalue weighted by molar-refractivity contribution is -0.384. The van der Waals surface area contributed by atoms with Gasteiger partial charge in [0.25, 0.3) is 5.69 Å². The lowest BCUT2D eigenvalue weighted by Gasteiger charge is -2.35. The number of piperidine rings is 1. The zero-order chi connectivity index (χ0) is 21.3. The molecule has 0 spiro atoms. The number of benzene rings is 2. The number of anilines is 1. The molecule has 4 rings (SSSR count). The number of non-ortho nitro benzene ring substituents is 1. The molecule has 30 heavy (non-hydrogen) atoms. The number of aromatic amines is 1. The molecule has 1 unspecified atom stereocenters. The number of imidazole rings is 1. The number of carbonyl (C=O) groups excluding carboxylic acids is 1. The molecule has 2 heterocycles. The van der Waals surface area contributed by atoms with E-state index in [1.54, 1.807) is 12.1 Å². The Morgan fingerprint density at radius 2 is 1.93 bits per heavy atom. The van der Waals surface area contributed by atoms with Crippen LogP contribution >= 0.6 is 0 Å². The Morgan fingerprint density at radius 1 is 1.20 bits per heavy atom. The van der Waals surface area contributed by atoms with Gasteiger partial charge in [0, 0.05) is 37.0 Å². The number of nitro groups is 1. The summed E-state index contributed by atoms with van der Waals surface area (Å²) >= 11 is 0. The summed E-state index contributed by atoms with van der Waals surface area (Å²) in [5.41, 5.74) is 1.96. The average molecular weight is 409 g/mol. The van der Waals surface area contributed by atoms with Crippen LogP contribution in [0, 0.1) is 10.1 Å². The van der Waals surface area contributed by atoms with Gasteiger partial charge in [-0.1, -0.05) is 18.2 Å². The molecule has 1 fully saturated rings. The second kappa shape index (κ2) is 8.11. The molecule has 3 aromatic rings. The first-order valence-electron chi connectivity index (χ1n) is 9.92. The van der Waals surface area contributed by atoms with Crippen molar-refractivity contribution >= 4 is 28.3 Å². The Kier molecular flexibility index (Phi) is 5.37. The first-order valence-corrected chi connectivity index (χ1v) is 9.92.